The fraction of sp³-hybridized carbons (Fsp3) is 0.364. The van der Waals surface area contributed by atoms with Gasteiger partial charge in [-0.3, -0.25) is 9.69 Å². The number of nitrogens with zero attached hydrogens (tertiary/aromatic N) is 1. The van der Waals surface area contributed by atoms with E-state index in [2.05, 4.69) is 5.32 Å². The fourth-order valence-electron chi connectivity index (χ4n) is 3.72. The summed E-state index contributed by atoms with van der Waals surface area (Å²) in [5.41, 5.74) is -0.194. The second kappa shape index (κ2) is 8.34. The van der Waals surface area contributed by atoms with Crippen LogP contribution in [0.3, 0.4) is 0 Å². The van der Waals surface area contributed by atoms with E-state index in [-0.39, 0.29) is 30.7 Å². The van der Waals surface area contributed by atoms with Crippen molar-refractivity contribution in [1.82, 2.24) is 10.2 Å². The van der Waals surface area contributed by atoms with Crippen LogP contribution in [0.4, 0.5) is 4.79 Å². The highest BCUT2D eigenvalue weighted by atomic mass is 32.2. The molecule has 1 unspecified atom stereocenters. The predicted octanol–water partition coefficient (Wildman–Crippen LogP) is 2.14. The molecule has 170 valence electrons. The zero-order valence-electron chi connectivity index (χ0n) is 17.8. The molecule has 4 rings (SSSR count). The zero-order chi connectivity index (χ0) is 22.9. The quantitative estimate of drug-likeness (QED) is 0.475. The standard InChI is InChI=1S/C22H24N2O7S/c1-22(13-15-4-9-18-19(12-15)31-14-30-18)20(25)24(21(26)23-22)10-3-11-29-16-5-7-17(8-6-16)32(2,27)28/h4-9,12H,3,10-11,13-14H2,1-2H3,(H,23,26). The van der Waals surface area contributed by atoms with E-state index in [0.717, 1.165) is 11.8 Å². The number of ether oxygens (including phenoxy) is 3. The van der Waals surface area contributed by atoms with Gasteiger partial charge in [0.05, 0.1) is 11.5 Å². The first-order chi connectivity index (χ1) is 15.2. The molecule has 1 atom stereocenters. The number of carbonyl (C=O) groups is 2. The Labute approximate surface area is 186 Å². The van der Waals surface area contributed by atoms with Crippen LogP contribution in [0, 0.1) is 0 Å². The highest BCUT2D eigenvalue weighted by Crippen LogP contribution is 2.34. The van der Waals surface area contributed by atoms with E-state index in [1.165, 1.54) is 17.0 Å². The number of amides is 3. The van der Waals surface area contributed by atoms with E-state index in [9.17, 15) is 18.0 Å². The van der Waals surface area contributed by atoms with Gasteiger partial charge in [-0.2, -0.15) is 0 Å². The molecule has 0 saturated carbocycles. The Morgan fingerprint density at radius 2 is 1.81 bits per heavy atom. The summed E-state index contributed by atoms with van der Waals surface area (Å²) in [5, 5.41) is 2.79. The maximum Gasteiger partial charge on any atom is 0.325 e. The van der Waals surface area contributed by atoms with Crippen molar-refractivity contribution in [2.24, 2.45) is 0 Å². The van der Waals surface area contributed by atoms with Crippen molar-refractivity contribution in [3.8, 4) is 17.2 Å². The lowest BCUT2D eigenvalue weighted by molar-refractivity contribution is -0.130. The Hall–Kier alpha value is -3.27. The molecule has 10 heteroatoms. The summed E-state index contributed by atoms with van der Waals surface area (Å²) in [5.74, 6) is 1.51. The van der Waals surface area contributed by atoms with Gasteiger partial charge < -0.3 is 19.5 Å². The lowest BCUT2D eigenvalue weighted by atomic mass is 9.92. The highest BCUT2D eigenvalue weighted by molar-refractivity contribution is 7.90. The van der Waals surface area contributed by atoms with Gasteiger partial charge in [0.1, 0.15) is 11.3 Å². The van der Waals surface area contributed by atoms with Crippen molar-refractivity contribution in [2.45, 2.75) is 30.2 Å². The van der Waals surface area contributed by atoms with Crippen LogP contribution in [-0.4, -0.2) is 57.0 Å². The molecule has 32 heavy (non-hydrogen) atoms. The second-order valence-corrected chi connectivity index (χ2v) is 10.0. The normalized spacial score (nSPS) is 19.9. The molecule has 0 radical (unpaired) electrons. The molecular weight excluding hydrogens is 436 g/mol. The molecule has 2 heterocycles. The summed E-state index contributed by atoms with van der Waals surface area (Å²) in [4.78, 5) is 26.8. The lowest BCUT2D eigenvalue weighted by Crippen LogP contribution is -2.46. The Balaban J connectivity index is 1.31. The molecule has 2 aromatic carbocycles. The Kier molecular flexibility index (Phi) is 5.72. The number of urea groups is 1. The van der Waals surface area contributed by atoms with E-state index >= 15 is 0 Å². The number of carbonyl (C=O) groups excluding carboxylic acids is 2. The number of fused-ring (bicyclic) bond motifs is 1. The maximum absolute atomic E-state index is 13.0. The molecule has 9 nitrogen and oxygen atoms in total. The topological polar surface area (TPSA) is 111 Å². The summed E-state index contributed by atoms with van der Waals surface area (Å²) in [6.45, 7) is 2.36. The van der Waals surface area contributed by atoms with Gasteiger partial charge in [0.15, 0.2) is 21.3 Å². The monoisotopic (exact) mass is 460 g/mol. The van der Waals surface area contributed by atoms with Crippen LogP contribution in [0.5, 0.6) is 17.2 Å². The van der Waals surface area contributed by atoms with Crippen molar-refractivity contribution in [3.05, 3.63) is 48.0 Å². The van der Waals surface area contributed by atoms with Gasteiger partial charge in [-0.25, -0.2) is 13.2 Å². The molecule has 1 fully saturated rings. The fourth-order valence-corrected chi connectivity index (χ4v) is 4.36. The second-order valence-electron chi connectivity index (χ2n) is 8.03. The number of hydrogen-bond donors (Lipinski definition) is 1. The molecule has 0 spiro atoms. The van der Waals surface area contributed by atoms with E-state index in [1.807, 2.05) is 12.1 Å². The van der Waals surface area contributed by atoms with Gasteiger partial charge >= 0.3 is 6.03 Å². The smallest absolute Gasteiger partial charge is 0.325 e. The largest absolute Gasteiger partial charge is 0.494 e. The molecule has 3 amide bonds. The number of hydrogen-bond acceptors (Lipinski definition) is 7. The molecule has 2 aliphatic rings. The Bertz CT molecular complexity index is 1150. The third-order valence-electron chi connectivity index (χ3n) is 5.39. The van der Waals surface area contributed by atoms with Gasteiger partial charge in [0.2, 0.25) is 6.79 Å². The molecule has 0 aromatic heterocycles. The summed E-state index contributed by atoms with van der Waals surface area (Å²) >= 11 is 0. The summed E-state index contributed by atoms with van der Waals surface area (Å²) < 4.78 is 39.3. The van der Waals surface area contributed by atoms with Gasteiger partial charge in [0.25, 0.3) is 5.91 Å². The molecule has 0 aliphatic carbocycles. The number of benzene rings is 2. The van der Waals surface area contributed by atoms with Crippen LogP contribution in [0.25, 0.3) is 0 Å². The van der Waals surface area contributed by atoms with Gasteiger partial charge in [0, 0.05) is 19.2 Å². The van der Waals surface area contributed by atoms with E-state index in [0.29, 0.717) is 30.1 Å². The van der Waals surface area contributed by atoms with Gasteiger partial charge in [-0.1, -0.05) is 6.07 Å². The summed E-state index contributed by atoms with van der Waals surface area (Å²) in [7, 11) is -3.26. The van der Waals surface area contributed by atoms with Gasteiger partial charge in [-0.15, -0.1) is 0 Å². The number of nitrogens with one attached hydrogen (secondary N) is 1. The average Bonchev–Trinajstić information content (AvgIpc) is 3.28. The minimum Gasteiger partial charge on any atom is -0.494 e. The van der Waals surface area contributed by atoms with E-state index in [4.69, 9.17) is 14.2 Å². The van der Waals surface area contributed by atoms with E-state index in [1.54, 1.807) is 25.1 Å². The molecule has 2 aliphatic heterocycles. The zero-order valence-corrected chi connectivity index (χ0v) is 18.6. The minimum atomic E-state index is -3.26. The lowest BCUT2D eigenvalue weighted by Gasteiger charge is -2.22. The van der Waals surface area contributed by atoms with Gasteiger partial charge in [-0.05, 0) is 55.3 Å². The Morgan fingerprint density at radius 3 is 2.53 bits per heavy atom. The number of rotatable bonds is 8. The first-order valence-corrected chi connectivity index (χ1v) is 12.0. The van der Waals surface area contributed by atoms with Crippen molar-refractivity contribution in [1.29, 1.82) is 0 Å². The third kappa shape index (κ3) is 4.50. The maximum atomic E-state index is 13.0. The van der Waals surface area contributed by atoms with Crippen LogP contribution in [-0.2, 0) is 21.1 Å². The van der Waals surface area contributed by atoms with Crippen LogP contribution < -0.4 is 19.5 Å². The molecule has 0 bridgehead atoms. The Morgan fingerprint density at radius 1 is 1.09 bits per heavy atom. The van der Waals surface area contributed by atoms with Crippen molar-refractivity contribution < 1.29 is 32.2 Å². The predicted molar refractivity (Wildman–Crippen MR) is 115 cm³/mol. The number of sulfone groups is 1. The molecular formula is C22H24N2O7S. The van der Waals surface area contributed by atoms with Crippen molar-refractivity contribution in [3.63, 3.8) is 0 Å². The summed E-state index contributed by atoms with van der Waals surface area (Å²) in [6, 6.07) is 11.1. The van der Waals surface area contributed by atoms with Crippen molar-refractivity contribution >= 4 is 21.8 Å². The first kappa shape index (κ1) is 21.9. The van der Waals surface area contributed by atoms with Crippen LogP contribution in [0.2, 0.25) is 0 Å². The van der Waals surface area contributed by atoms with Crippen LogP contribution >= 0.6 is 0 Å². The molecule has 1 N–H and O–H groups in total. The van der Waals surface area contributed by atoms with E-state index < -0.39 is 21.4 Å². The third-order valence-corrected chi connectivity index (χ3v) is 6.51. The SMILES string of the molecule is CC1(Cc2ccc3c(c2)OCO3)NC(=O)N(CCCOc2ccc(S(C)(=O)=O)cc2)C1=O. The van der Waals surface area contributed by atoms with Crippen LogP contribution in [0.15, 0.2) is 47.4 Å². The average molecular weight is 461 g/mol. The highest BCUT2D eigenvalue weighted by Gasteiger charge is 2.47. The van der Waals surface area contributed by atoms with Crippen LogP contribution in [0.1, 0.15) is 18.9 Å². The molecule has 2 aromatic rings. The number of imide groups is 1. The summed E-state index contributed by atoms with van der Waals surface area (Å²) in [6.07, 6.45) is 1.91. The van der Waals surface area contributed by atoms with Crippen molar-refractivity contribution in [2.75, 3.05) is 26.2 Å². The minimum absolute atomic E-state index is 0.170. The first-order valence-electron chi connectivity index (χ1n) is 10.1. The molecule has 1 saturated heterocycles.